The standard InChI is InChI=1S/C22H22N2O2/c25-21-16-20(17-24(21)15-13-19-10-5-2-6-11-19)22(26)23-14-7-12-18-8-3-1-4-9-18/h1-6,8-11,20H,13-17H2,(H,23,26). The summed E-state index contributed by atoms with van der Waals surface area (Å²) in [5, 5.41) is 2.82. The van der Waals surface area contributed by atoms with Gasteiger partial charge in [0.15, 0.2) is 0 Å². The summed E-state index contributed by atoms with van der Waals surface area (Å²) in [6.07, 6.45) is 1.09. The van der Waals surface area contributed by atoms with Crippen LogP contribution in [0.15, 0.2) is 60.7 Å². The van der Waals surface area contributed by atoms with Gasteiger partial charge in [0.05, 0.1) is 12.5 Å². The van der Waals surface area contributed by atoms with Gasteiger partial charge in [-0.3, -0.25) is 9.59 Å². The number of nitrogens with one attached hydrogen (secondary N) is 1. The molecule has 132 valence electrons. The maximum Gasteiger partial charge on any atom is 0.226 e. The predicted octanol–water partition coefficient (Wildman–Crippen LogP) is 2.25. The molecule has 0 radical (unpaired) electrons. The molecule has 4 nitrogen and oxygen atoms in total. The van der Waals surface area contributed by atoms with E-state index in [1.54, 1.807) is 4.90 Å². The summed E-state index contributed by atoms with van der Waals surface area (Å²) in [6.45, 7) is 1.44. The minimum absolute atomic E-state index is 0.0523. The Labute approximate surface area is 154 Å². The fraction of sp³-hybridized carbons (Fsp3) is 0.273. The van der Waals surface area contributed by atoms with E-state index >= 15 is 0 Å². The molecular formula is C22H22N2O2. The van der Waals surface area contributed by atoms with Gasteiger partial charge in [-0.05, 0) is 24.1 Å². The first-order valence-electron chi connectivity index (χ1n) is 8.86. The topological polar surface area (TPSA) is 49.4 Å². The maximum atomic E-state index is 12.3. The molecule has 2 aromatic carbocycles. The van der Waals surface area contributed by atoms with Crippen LogP contribution in [0.5, 0.6) is 0 Å². The monoisotopic (exact) mass is 346 g/mol. The second kappa shape index (κ2) is 8.87. The summed E-state index contributed by atoms with van der Waals surface area (Å²) < 4.78 is 0. The fourth-order valence-electron chi connectivity index (χ4n) is 3.02. The lowest BCUT2D eigenvalue weighted by Crippen LogP contribution is -2.33. The van der Waals surface area contributed by atoms with Crippen molar-refractivity contribution in [2.24, 2.45) is 5.92 Å². The van der Waals surface area contributed by atoms with Crippen LogP contribution in [0.3, 0.4) is 0 Å². The number of carbonyl (C=O) groups excluding carboxylic acids is 2. The van der Waals surface area contributed by atoms with Crippen molar-refractivity contribution in [1.29, 1.82) is 0 Å². The number of amides is 2. The van der Waals surface area contributed by atoms with Crippen LogP contribution < -0.4 is 5.32 Å². The van der Waals surface area contributed by atoms with Crippen molar-refractivity contribution in [2.45, 2.75) is 12.8 Å². The van der Waals surface area contributed by atoms with Crippen LogP contribution in [0, 0.1) is 17.8 Å². The first-order valence-corrected chi connectivity index (χ1v) is 8.86. The summed E-state index contributed by atoms with van der Waals surface area (Å²) in [6, 6.07) is 19.7. The van der Waals surface area contributed by atoms with Gasteiger partial charge in [-0.2, -0.15) is 0 Å². The Morgan fingerprint density at radius 2 is 1.77 bits per heavy atom. The third-order valence-corrected chi connectivity index (χ3v) is 4.46. The molecule has 1 N–H and O–H groups in total. The summed E-state index contributed by atoms with van der Waals surface area (Å²) in [5.41, 5.74) is 2.12. The van der Waals surface area contributed by atoms with Crippen LogP contribution in [0.4, 0.5) is 0 Å². The predicted molar refractivity (Wildman–Crippen MR) is 101 cm³/mol. The number of hydrogen-bond donors (Lipinski definition) is 1. The average Bonchev–Trinajstić information content (AvgIpc) is 3.06. The van der Waals surface area contributed by atoms with Crippen LogP contribution in [0.25, 0.3) is 0 Å². The molecule has 3 rings (SSSR count). The summed E-state index contributed by atoms with van der Waals surface area (Å²) >= 11 is 0. The molecule has 1 heterocycles. The van der Waals surface area contributed by atoms with Crippen molar-refractivity contribution in [1.82, 2.24) is 10.2 Å². The Morgan fingerprint density at radius 3 is 2.50 bits per heavy atom. The van der Waals surface area contributed by atoms with Crippen LogP contribution >= 0.6 is 0 Å². The zero-order valence-corrected chi connectivity index (χ0v) is 14.7. The van der Waals surface area contributed by atoms with E-state index in [0.717, 1.165) is 12.0 Å². The highest BCUT2D eigenvalue weighted by Crippen LogP contribution is 2.18. The third kappa shape index (κ3) is 4.97. The van der Waals surface area contributed by atoms with Crippen molar-refractivity contribution in [3.63, 3.8) is 0 Å². The largest absolute Gasteiger partial charge is 0.345 e. The molecule has 1 aliphatic rings. The van der Waals surface area contributed by atoms with Crippen molar-refractivity contribution < 1.29 is 9.59 Å². The van der Waals surface area contributed by atoms with Crippen LogP contribution in [-0.4, -0.2) is 36.3 Å². The first-order chi connectivity index (χ1) is 12.7. The molecule has 2 amide bonds. The van der Waals surface area contributed by atoms with E-state index in [4.69, 9.17) is 0 Å². The summed E-state index contributed by atoms with van der Waals surface area (Å²) in [4.78, 5) is 26.2. The Balaban J connectivity index is 1.44. The van der Waals surface area contributed by atoms with Gasteiger partial charge >= 0.3 is 0 Å². The van der Waals surface area contributed by atoms with Crippen LogP contribution in [0.2, 0.25) is 0 Å². The van der Waals surface area contributed by atoms with Crippen molar-refractivity contribution >= 4 is 11.8 Å². The second-order valence-electron chi connectivity index (χ2n) is 6.36. The zero-order valence-electron chi connectivity index (χ0n) is 14.7. The Hall–Kier alpha value is -3.06. The lowest BCUT2D eigenvalue weighted by Gasteiger charge is -2.16. The second-order valence-corrected chi connectivity index (χ2v) is 6.36. The normalized spacial score (nSPS) is 16.1. The van der Waals surface area contributed by atoms with E-state index < -0.39 is 0 Å². The van der Waals surface area contributed by atoms with Crippen molar-refractivity contribution in [3.8, 4) is 11.8 Å². The Morgan fingerprint density at radius 1 is 1.08 bits per heavy atom. The molecule has 4 heteroatoms. The molecule has 0 saturated carbocycles. The van der Waals surface area contributed by atoms with Gasteiger partial charge in [0.2, 0.25) is 11.8 Å². The highest BCUT2D eigenvalue weighted by atomic mass is 16.2. The molecule has 0 aliphatic carbocycles. The smallest absolute Gasteiger partial charge is 0.226 e. The molecule has 0 bridgehead atoms. The minimum Gasteiger partial charge on any atom is -0.345 e. The van der Waals surface area contributed by atoms with Gasteiger partial charge < -0.3 is 10.2 Å². The lowest BCUT2D eigenvalue weighted by molar-refractivity contribution is -0.128. The van der Waals surface area contributed by atoms with Crippen molar-refractivity contribution in [2.75, 3.05) is 19.6 Å². The van der Waals surface area contributed by atoms with E-state index in [1.165, 1.54) is 5.56 Å². The fourth-order valence-corrected chi connectivity index (χ4v) is 3.02. The van der Waals surface area contributed by atoms with Gasteiger partial charge in [0, 0.05) is 25.1 Å². The summed E-state index contributed by atoms with van der Waals surface area (Å²) in [7, 11) is 0. The van der Waals surface area contributed by atoms with Crippen LogP contribution in [-0.2, 0) is 16.0 Å². The SMILES string of the molecule is O=C(NCC#Cc1ccccc1)C1CC(=O)N(CCc2ccccc2)C1. The number of likely N-dealkylation sites (tertiary alicyclic amines) is 1. The molecular weight excluding hydrogens is 324 g/mol. The van der Waals surface area contributed by atoms with Gasteiger partial charge in [-0.25, -0.2) is 0 Å². The maximum absolute atomic E-state index is 12.3. The lowest BCUT2D eigenvalue weighted by atomic mass is 10.1. The minimum atomic E-state index is -0.281. The molecule has 0 aromatic heterocycles. The quantitative estimate of drug-likeness (QED) is 0.844. The van der Waals surface area contributed by atoms with E-state index in [-0.39, 0.29) is 24.2 Å². The highest BCUT2D eigenvalue weighted by Gasteiger charge is 2.33. The molecule has 1 aliphatic heterocycles. The molecule has 1 atom stereocenters. The number of carbonyl (C=O) groups is 2. The molecule has 1 fully saturated rings. The van der Waals surface area contributed by atoms with Gasteiger partial charge in [0.1, 0.15) is 0 Å². The Kier molecular flexibility index (Phi) is 6.05. The van der Waals surface area contributed by atoms with E-state index in [9.17, 15) is 9.59 Å². The number of hydrogen-bond acceptors (Lipinski definition) is 2. The first kappa shape index (κ1) is 17.8. The molecule has 26 heavy (non-hydrogen) atoms. The van der Waals surface area contributed by atoms with Gasteiger partial charge in [-0.15, -0.1) is 0 Å². The number of benzene rings is 2. The average molecular weight is 346 g/mol. The van der Waals surface area contributed by atoms with Crippen LogP contribution in [0.1, 0.15) is 17.5 Å². The van der Waals surface area contributed by atoms with Gasteiger partial charge in [0.25, 0.3) is 0 Å². The molecule has 1 saturated heterocycles. The third-order valence-electron chi connectivity index (χ3n) is 4.46. The number of rotatable bonds is 5. The van der Waals surface area contributed by atoms with E-state index in [1.807, 2.05) is 48.5 Å². The molecule has 1 unspecified atom stereocenters. The molecule has 0 spiro atoms. The molecule has 2 aromatic rings. The van der Waals surface area contributed by atoms with Gasteiger partial charge in [-0.1, -0.05) is 60.4 Å². The zero-order chi connectivity index (χ0) is 18.2. The number of nitrogens with zero attached hydrogens (tertiary/aromatic N) is 1. The van der Waals surface area contributed by atoms with E-state index in [0.29, 0.717) is 19.6 Å². The Bertz CT molecular complexity index is 806. The van der Waals surface area contributed by atoms with Crippen molar-refractivity contribution in [3.05, 3.63) is 71.8 Å². The van der Waals surface area contributed by atoms with E-state index in [2.05, 4.69) is 29.3 Å². The highest BCUT2D eigenvalue weighted by molar-refractivity contribution is 5.89. The summed E-state index contributed by atoms with van der Waals surface area (Å²) in [5.74, 6) is 5.63.